The molecule has 2 N–H and O–H groups in total. The molecule has 1 saturated heterocycles. The Hall–Kier alpha value is -2.13. The number of anilines is 1. The largest absolute Gasteiger partial charge is 0.396 e. The minimum atomic E-state index is -2.03. The van der Waals surface area contributed by atoms with Gasteiger partial charge in [-0.25, -0.2) is 4.39 Å². The third-order valence-electron chi connectivity index (χ3n) is 5.19. The van der Waals surface area contributed by atoms with Crippen molar-refractivity contribution in [3.63, 3.8) is 0 Å². The fraction of sp³-hybridized carbons (Fsp3) is 0.409. The van der Waals surface area contributed by atoms with E-state index in [1.165, 1.54) is 0 Å². The first-order valence-electron chi connectivity index (χ1n) is 9.61. The highest BCUT2D eigenvalue weighted by atomic mass is 35.5. The maximum atomic E-state index is 15.3. The molecule has 1 heterocycles. The van der Waals surface area contributed by atoms with Gasteiger partial charge in [-0.15, -0.1) is 0 Å². The Labute approximate surface area is 170 Å². The monoisotopic (exact) mass is 401 g/mol. The summed E-state index contributed by atoms with van der Waals surface area (Å²) in [4.78, 5) is 2.25. The number of alkyl halides is 2. The number of benzene rings is 2. The summed E-state index contributed by atoms with van der Waals surface area (Å²) >= 11 is 6.28. The molecule has 2 aromatic carbocycles. The quantitative estimate of drug-likeness (QED) is 0.697. The Kier molecular flexibility index (Phi) is 6.90. The summed E-state index contributed by atoms with van der Waals surface area (Å²) in [6.45, 7) is 3.57. The van der Waals surface area contributed by atoms with E-state index in [0.717, 1.165) is 43.0 Å². The summed E-state index contributed by atoms with van der Waals surface area (Å²) in [6.07, 6.45) is 0.898. The zero-order chi connectivity index (χ0) is 20.0. The Bertz CT molecular complexity index is 844. The number of nitrogens with zero attached hydrogens (tertiary/aromatic N) is 2. The lowest BCUT2D eigenvalue weighted by Crippen LogP contribution is -2.44. The van der Waals surface area contributed by atoms with Crippen LogP contribution >= 0.6 is 11.6 Å². The average molecular weight is 402 g/mol. The molecule has 28 heavy (non-hydrogen) atoms. The van der Waals surface area contributed by atoms with Crippen molar-refractivity contribution in [2.45, 2.75) is 24.4 Å². The van der Waals surface area contributed by atoms with Gasteiger partial charge in [0.1, 0.15) is 0 Å². The molecule has 1 unspecified atom stereocenters. The van der Waals surface area contributed by atoms with Crippen LogP contribution in [0.2, 0.25) is 0 Å². The van der Waals surface area contributed by atoms with Crippen molar-refractivity contribution in [1.29, 1.82) is 5.26 Å². The lowest BCUT2D eigenvalue weighted by atomic mass is 9.96. The molecule has 1 fully saturated rings. The van der Waals surface area contributed by atoms with Crippen LogP contribution in [0, 0.1) is 11.3 Å². The van der Waals surface area contributed by atoms with Gasteiger partial charge in [0, 0.05) is 50.5 Å². The van der Waals surface area contributed by atoms with Crippen LogP contribution in [0.25, 0.3) is 0 Å². The van der Waals surface area contributed by atoms with Gasteiger partial charge in [-0.3, -0.25) is 0 Å². The van der Waals surface area contributed by atoms with Gasteiger partial charge in [-0.2, -0.15) is 5.26 Å². The standard InChI is InChI=1S/C22H25ClFN3O/c23-22(24,9-7-17-3-1-2-4-19(17)16-25)20-5-6-21(18(15-20)8-14-28)27-12-10-26-11-13-27/h1-6,15,26,28H,7-14H2. The number of rotatable bonds is 7. The van der Waals surface area contributed by atoms with E-state index >= 15 is 4.39 Å². The van der Waals surface area contributed by atoms with E-state index in [1.54, 1.807) is 24.3 Å². The van der Waals surface area contributed by atoms with Gasteiger partial charge in [0.2, 0.25) is 5.13 Å². The van der Waals surface area contributed by atoms with Gasteiger partial charge in [0.15, 0.2) is 0 Å². The van der Waals surface area contributed by atoms with E-state index in [4.69, 9.17) is 11.6 Å². The van der Waals surface area contributed by atoms with Crippen molar-refractivity contribution in [3.05, 3.63) is 64.7 Å². The number of piperazine rings is 1. The van der Waals surface area contributed by atoms with Crippen LogP contribution in [-0.4, -0.2) is 37.9 Å². The summed E-state index contributed by atoms with van der Waals surface area (Å²) in [5.41, 5.74) is 3.67. The summed E-state index contributed by atoms with van der Waals surface area (Å²) in [6, 6.07) is 14.7. The zero-order valence-electron chi connectivity index (χ0n) is 15.8. The Balaban J connectivity index is 1.80. The van der Waals surface area contributed by atoms with Crippen molar-refractivity contribution < 1.29 is 9.50 Å². The maximum absolute atomic E-state index is 15.3. The van der Waals surface area contributed by atoms with Crippen LogP contribution in [0.1, 0.15) is 28.7 Å². The molecule has 6 heteroatoms. The van der Waals surface area contributed by atoms with E-state index in [1.807, 2.05) is 18.2 Å². The second-order valence-corrected chi connectivity index (χ2v) is 7.63. The molecule has 0 spiro atoms. The predicted octanol–water partition coefficient (Wildman–Crippen LogP) is 3.50. The van der Waals surface area contributed by atoms with Crippen molar-refractivity contribution in [2.24, 2.45) is 0 Å². The number of nitrogens with one attached hydrogen (secondary N) is 1. The van der Waals surface area contributed by atoms with Gasteiger partial charge >= 0.3 is 0 Å². The second kappa shape index (κ2) is 9.38. The van der Waals surface area contributed by atoms with E-state index < -0.39 is 5.13 Å². The highest BCUT2D eigenvalue weighted by molar-refractivity contribution is 6.22. The molecule has 0 amide bonds. The first-order valence-corrected chi connectivity index (χ1v) is 9.98. The van der Waals surface area contributed by atoms with Gasteiger partial charge in [0.25, 0.3) is 0 Å². The molecule has 0 aliphatic carbocycles. The molecule has 1 aliphatic heterocycles. The van der Waals surface area contributed by atoms with Gasteiger partial charge < -0.3 is 15.3 Å². The summed E-state index contributed by atoms with van der Waals surface area (Å²) < 4.78 is 15.3. The number of hydrogen-bond donors (Lipinski definition) is 2. The molecule has 0 aromatic heterocycles. The van der Waals surface area contributed by atoms with Gasteiger partial charge in [-0.05, 0) is 42.2 Å². The summed E-state index contributed by atoms with van der Waals surface area (Å²) in [5.74, 6) is 0. The lowest BCUT2D eigenvalue weighted by molar-refractivity contribution is 0.264. The highest BCUT2D eigenvalue weighted by Gasteiger charge is 2.30. The Morgan fingerprint density at radius 1 is 1.14 bits per heavy atom. The fourth-order valence-electron chi connectivity index (χ4n) is 3.63. The third kappa shape index (κ3) is 4.82. The first kappa shape index (κ1) is 20.6. The zero-order valence-corrected chi connectivity index (χ0v) is 16.6. The minimum absolute atomic E-state index is 0.000338. The number of nitriles is 1. The second-order valence-electron chi connectivity index (χ2n) is 7.03. The smallest absolute Gasteiger partial charge is 0.209 e. The number of aliphatic hydroxyl groups excluding tert-OH is 1. The topological polar surface area (TPSA) is 59.3 Å². The third-order valence-corrected chi connectivity index (χ3v) is 5.59. The van der Waals surface area contributed by atoms with Crippen LogP contribution < -0.4 is 10.2 Å². The predicted molar refractivity (Wildman–Crippen MR) is 110 cm³/mol. The van der Waals surface area contributed by atoms with E-state index in [2.05, 4.69) is 16.3 Å². The Morgan fingerprint density at radius 3 is 2.61 bits per heavy atom. The number of hydrogen-bond acceptors (Lipinski definition) is 4. The molecule has 148 valence electrons. The molecular weight excluding hydrogens is 377 g/mol. The van der Waals surface area contributed by atoms with Crippen LogP contribution in [0.15, 0.2) is 42.5 Å². The van der Waals surface area contributed by atoms with E-state index in [9.17, 15) is 10.4 Å². The molecule has 0 saturated carbocycles. The van der Waals surface area contributed by atoms with Crippen LogP contribution in [0.4, 0.5) is 10.1 Å². The number of halogens is 2. The van der Waals surface area contributed by atoms with Crippen molar-refractivity contribution in [2.75, 3.05) is 37.7 Å². The number of aliphatic hydroxyl groups is 1. The molecule has 0 bridgehead atoms. The number of aryl methyl sites for hydroxylation is 1. The van der Waals surface area contributed by atoms with Crippen molar-refractivity contribution in [1.82, 2.24) is 5.32 Å². The molecular formula is C22H25ClFN3O. The van der Waals surface area contributed by atoms with E-state index in [-0.39, 0.29) is 13.0 Å². The van der Waals surface area contributed by atoms with Crippen LogP contribution in [0.5, 0.6) is 0 Å². The average Bonchev–Trinajstić information content (AvgIpc) is 2.73. The summed E-state index contributed by atoms with van der Waals surface area (Å²) in [7, 11) is 0. The minimum Gasteiger partial charge on any atom is -0.396 e. The van der Waals surface area contributed by atoms with Crippen LogP contribution in [-0.2, 0) is 18.0 Å². The SMILES string of the molecule is N#Cc1ccccc1CCC(F)(Cl)c1ccc(N2CCNCC2)c(CCO)c1. The molecule has 4 nitrogen and oxygen atoms in total. The summed E-state index contributed by atoms with van der Waals surface area (Å²) in [5, 5.41) is 19.9. The first-order chi connectivity index (χ1) is 13.5. The molecule has 1 aliphatic rings. The molecule has 3 rings (SSSR count). The Morgan fingerprint density at radius 2 is 1.89 bits per heavy atom. The van der Waals surface area contributed by atoms with Crippen molar-refractivity contribution in [3.8, 4) is 6.07 Å². The lowest BCUT2D eigenvalue weighted by Gasteiger charge is -2.32. The van der Waals surface area contributed by atoms with Crippen LogP contribution in [0.3, 0.4) is 0 Å². The normalized spacial score (nSPS) is 16.4. The molecule has 0 radical (unpaired) electrons. The molecule has 2 aromatic rings. The highest BCUT2D eigenvalue weighted by Crippen LogP contribution is 2.38. The maximum Gasteiger partial charge on any atom is 0.209 e. The fourth-order valence-corrected chi connectivity index (χ4v) is 3.84. The molecule has 1 atom stereocenters. The van der Waals surface area contributed by atoms with E-state index in [0.29, 0.717) is 24.0 Å². The van der Waals surface area contributed by atoms with Gasteiger partial charge in [-0.1, -0.05) is 35.9 Å². The van der Waals surface area contributed by atoms with Crippen molar-refractivity contribution >= 4 is 17.3 Å². The van der Waals surface area contributed by atoms with Gasteiger partial charge in [0.05, 0.1) is 11.6 Å².